The van der Waals surface area contributed by atoms with E-state index in [1.54, 1.807) is 0 Å². The lowest BCUT2D eigenvalue weighted by molar-refractivity contribution is 1.31. The lowest BCUT2D eigenvalue weighted by atomic mass is 9.94. The van der Waals surface area contributed by atoms with Gasteiger partial charge in [0.1, 0.15) is 0 Å². The Morgan fingerprint density at radius 1 is 0.722 bits per heavy atom. The molecule has 1 aromatic heterocycles. The second kappa shape index (κ2) is 4.84. The first-order valence-corrected chi connectivity index (χ1v) is 6.00. The van der Waals surface area contributed by atoms with Crippen molar-refractivity contribution in [3.05, 3.63) is 95.9 Å². The topological polar surface area (TPSA) is 12.9 Å². The maximum Gasteiger partial charge on any atom is 0.0273 e. The molecule has 0 saturated carbocycles. The zero-order valence-electron chi connectivity index (χ0n) is 9.95. The Bertz CT molecular complexity index is 564. The molecule has 0 amide bonds. The standard InChI is InChI=1S/C17H13N/c1-2-6-14(7-3-1)17(15-8-4-5-9-15)16-10-12-18-13-11-16/h1-13H. The van der Waals surface area contributed by atoms with Crippen LogP contribution in [-0.4, -0.2) is 4.98 Å². The fraction of sp³-hybridized carbons (Fsp3) is 0. The second-order valence-electron chi connectivity index (χ2n) is 4.15. The van der Waals surface area contributed by atoms with Gasteiger partial charge in [0.2, 0.25) is 0 Å². The summed E-state index contributed by atoms with van der Waals surface area (Å²) < 4.78 is 0. The predicted octanol–water partition coefficient (Wildman–Crippen LogP) is 4.01. The van der Waals surface area contributed by atoms with Crippen molar-refractivity contribution in [3.63, 3.8) is 0 Å². The Kier molecular flexibility index (Phi) is 2.89. The van der Waals surface area contributed by atoms with E-state index in [1.807, 2.05) is 18.5 Å². The number of aromatic nitrogens is 1. The maximum atomic E-state index is 4.09. The van der Waals surface area contributed by atoms with Gasteiger partial charge < -0.3 is 0 Å². The van der Waals surface area contributed by atoms with E-state index in [9.17, 15) is 0 Å². The van der Waals surface area contributed by atoms with Crippen LogP contribution in [0.4, 0.5) is 0 Å². The van der Waals surface area contributed by atoms with Crippen molar-refractivity contribution in [2.24, 2.45) is 0 Å². The molecule has 1 heterocycles. The summed E-state index contributed by atoms with van der Waals surface area (Å²) in [5.74, 6) is 0. The highest BCUT2D eigenvalue weighted by Gasteiger charge is 2.09. The van der Waals surface area contributed by atoms with Crippen LogP contribution in [0.5, 0.6) is 0 Å². The molecule has 0 saturated heterocycles. The Labute approximate surface area is 107 Å². The van der Waals surface area contributed by atoms with Crippen LogP contribution in [0, 0.1) is 0 Å². The van der Waals surface area contributed by atoms with Crippen LogP contribution in [0.2, 0.25) is 0 Å². The SMILES string of the molecule is C1=CC(=C(c2ccccc2)c2ccncc2)C=C1. The third-order valence-corrected chi connectivity index (χ3v) is 2.98. The smallest absolute Gasteiger partial charge is 0.0273 e. The number of nitrogens with zero attached hydrogens (tertiary/aromatic N) is 1. The molecule has 0 atom stereocenters. The van der Waals surface area contributed by atoms with Gasteiger partial charge in [-0.05, 0) is 34.4 Å². The summed E-state index contributed by atoms with van der Waals surface area (Å²) in [5, 5.41) is 0. The number of pyridine rings is 1. The minimum Gasteiger partial charge on any atom is -0.265 e. The third-order valence-electron chi connectivity index (χ3n) is 2.98. The molecule has 0 spiro atoms. The second-order valence-corrected chi connectivity index (χ2v) is 4.15. The minimum atomic E-state index is 1.20. The van der Waals surface area contributed by atoms with Gasteiger partial charge in [-0.15, -0.1) is 0 Å². The number of allylic oxidation sites excluding steroid dienone is 5. The molecule has 1 aliphatic carbocycles. The summed E-state index contributed by atoms with van der Waals surface area (Å²) in [6.07, 6.45) is 12.1. The minimum absolute atomic E-state index is 1.20. The van der Waals surface area contributed by atoms with E-state index >= 15 is 0 Å². The molecule has 3 rings (SSSR count). The Morgan fingerprint density at radius 2 is 1.33 bits per heavy atom. The summed E-state index contributed by atoms with van der Waals surface area (Å²) in [6.45, 7) is 0. The van der Waals surface area contributed by atoms with Gasteiger partial charge in [0.25, 0.3) is 0 Å². The first kappa shape index (κ1) is 10.7. The largest absolute Gasteiger partial charge is 0.265 e. The molecule has 1 aliphatic rings. The van der Waals surface area contributed by atoms with E-state index in [0.29, 0.717) is 0 Å². The molecule has 0 N–H and O–H groups in total. The zero-order chi connectivity index (χ0) is 12.2. The fourth-order valence-electron chi connectivity index (χ4n) is 2.16. The molecule has 86 valence electrons. The maximum absolute atomic E-state index is 4.09. The zero-order valence-corrected chi connectivity index (χ0v) is 9.95. The van der Waals surface area contributed by atoms with Gasteiger partial charge in [0.15, 0.2) is 0 Å². The number of hydrogen-bond acceptors (Lipinski definition) is 1. The van der Waals surface area contributed by atoms with Gasteiger partial charge in [-0.2, -0.15) is 0 Å². The van der Waals surface area contributed by atoms with Crippen LogP contribution in [0.25, 0.3) is 5.57 Å². The predicted molar refractivity (Wildman–Crippen MR) is 75.0 cm³/mol. The van der Waals surface area contributed by atoms with Gasteiger partial charge in [-0.3, -0.25) is 4.98 Å². The lowest BCUT2D eigenvalue weighted by Crippen LogP contribution is -1.91. The highest BCUT2D eigenvalue weighted by atomic mass is 14.6. The Morgan fingerprint density at radius 3 is 2.00 bits per heavy atom. The number of benzene rings is 1. The Balaban J connectivity index is 2.21. The van der Waals surface area contributed by atoms with Crippen LogP contribution in [0.15, 0.2) is 84.7 Å². The highest BCUT2D eigenvalue weighted by molar-refractivity contribution is 5.85. The van der Waals surface area contributed by atoms with Gasteiger partial charge in [0.05, 0.1) is 0 Å². The van der Waals surface area contributed by atoms with Crippen molar-refractivity contribution in [2.75, 3.05) is 0 Å². The van der Waals surface area contributed by atoms with Gasteiger partial charge >= 0.3 is 0 Å². The molecule has 0 unspecified atom stereocenters. The molecule has 0 aliphatic heterocycles. The lowest BCUT2D eigenvalue weighted by Gasteiger charge is -2.10. The van der Waals surface area contributed by atoms with Crippen LogP contribution >= 0.6 is 0 Å². The highest BCUT2D eigenvalue weighted by Crippen LogP contribution is 2.29. The molecule has 1 heteroatoms. The summed E-state index contributed by atoms with van der Waals surface area (Å²) in [4.78, 5) is 4.09. The van der Waals surface area contributed by atoms with E-state index in [-0.39, 0.29) is 0 Å². The molecule has 0 radical (unpaired) electrons. The molecule has 2 aromatic rings. The van der Waals surface area contributed by atoms with E-state index in [2.05, 4.69) is 65.7 Å². The van der Waals surface area contributed by atoms with E-state index in [0.717, 1.165) is 0 Å². The summed E-state index contributed by atoms with van der Waals surface area (Å²) in [5.41, 5.74) is 4.92. The van der Waals surface area contributed by atoms with Crippen LogP contribution in [-0.2, 0) is 0 Å². The molecule has 1 aromatic carbocycles. The first-order valence-electron chi connectivity index (χ1n) is 6.00. The molecular weight excluding hydrogens is 218 g/mol. The van der Waals surface area contributed by atoms with Crippen LogP contribution < -0.4 is 0 Å². The van der Waals surface area contributed by atoms with Crippen molar-refractivity contribution < 1.29 is 0 Å². The number of hydrogen-bond donors (Lipinski definition) is 0. The van der Waals surface area contributed by atoms with Crippen molar-refractivity contribution >= 4 is 5.57 Å². The van der Waals surface area contributed by atoms with Crippen molar-refractivity contribution in [3.8, 4) is 0 Å². The van der Waals surface area contributed by atoms with E-state index in [1.165, 1.54) is 22.3 Å². The fourth-order valence-corrected chi connectivity index (χ4v) is 2.16. The van der Waals surface area contributed by atoms with Crippen molar-refractivity contribution in [1.29, 1.82) is 0 Å². The summed E-state index contributed by atoms with van der Waals surface area (Å²) in [7, 11) is 0. The molecular formula is C17H13N. The summed E-state index contributed by atoms with van der Waals surface area (Å²) >= 11 is 0. The molecule has 0 fully saturated rings. The average Bonchev–Trinajstić information content (AvgIpc) is 2.95. The summed E-state index contributed by atoms with van der Waals surface area (Å²) in [6, 6.07) is 14.6. The van der Waals surface area contributed by atoms with Crippen molar-refractivity contribution in [2.45, 2.75) is 0 Å². The van der Waals surface area contributed by atoms with Gasteiger partial charge in [-0.1, -0.05) is 54.6 Å². The first-order chi connectivity index (χ1) is 8.95. The normalized spacial score (nSPS) is 13.0. The Hall–Kier alpha value is -2.41. The third kappa shape index (κ3) is 2.03. The monoisotopic (exact) mass is 231 g/mol. The van der Waals surface area contributed by atoms with Crippen LogP contribution in [0.1, 0.15) is 11.1 Å². The van der Waals surface area contributed by atoms with Gasteiger partial charge in [-0.25, -0.2) is 0 Å². The quantitative estimate of drug-likeness (QED) is 0.761. The van der Waals surface area contributed by atoms with E-state index in [4.69, 9.17) is 0 Å². The average molecular weight is 231 g/mol. The molecule has 18 heavy (non-hydrogen) atoms. The van der Waals surface area contributed by atoms with Gasteiger partial charge in [0, 0.05) is 12.4 Å². The van der Waals surface area contributed by atoms with Crippen molar-refractivity contribution in [1.82, 2.24) is 4.98 Å². The van der Waals surface area contributed by atoms with E-state index < -0.39 is 0 Å². The van der Waals surface area contributed by atoms with Crippen LogP contribution in [0.3, 0.4) is 0 Å². The number of rotatable bonds is 2. The molecule has 0 bridgehead atoms. The molecule has 1 nitrogen and oxygen atoms in total.